The van der Waals surface area contributed by atoms with E-state index in [1.54, 1.807) is 31.3 Å². The molecule has 176 valence electrons. The third kappa shape index (κ3) is 3.73. The molecule has 2 heterocycles. The fraction of sp³-hybridized carbons (Fsp3) is 0.320. The first-order valence-electron chi connectivity index (χ1n) is 11.3. The second kappa shape index (κ2) is 8.79. The highest BCUT2D eigenvalue weighted by atomic mass is 32.2. The summed E-state index contributed by atoms with van der Waals surface area (Å²) in [6, 6.07) is 9.58. The van der Waals surface area contributed by atoms with Gasteiger partial charge in [-0.1, -0.05) is 31.9 Å². The third-order valence-corrected chi connectivity index (χ3v) is 8.31. The molecule has 0 aliphatic heterocycles. The van der Waals surface area contributed by atoms with Crippen molar-refractivity contribution in [3.8, 4) is 28.0 Å². The van der Waals surface area contributed by atoms with Crippen molar-refractivity contribution < 1.29 is 17.5 Å². The number of benzene rings is 2. The Bertz CT molecular complexity index is 1460. The molecular weight excluding hydrogens is 455 g/mol. The first kappa shape index (κ1) is 22.5. The first-order valence-corrected chi connectivity index (χ1v) is 13.0. The maximum Gasteiger partial charge on any atom is 0.183 e. The summed E-state index contributed by atoms with van der Waals surface area (Å²) >= 11 is 0. The van der Waals surface area contributed by atoms with Gasteiger partial charge < -0.3 is 9.30 Å². The highest BCUT2D eigenvalue weighted by Crippen LogP contribution is 2.42. The average molecular weight is 481 g/mol. The number of sulfone groups is 1. The quantitative estimate of drug-likeness (QED) is 0.376. The maximum atomic E-state index is 15.1. The van der Waals surface area contributed by atoms with Gasteiger partial charge in [0.05, 0.1) is 35.8 Å². The van der Waals surface area contributed by atoms with E-state index in [2.05, 4.69) is 19.7 Å². The lowest BCUT2D eigenvalue weighted by molar-refractivity contribution is 0.415. The van der Waals surface area contributed by atoms with Gasteiger partial charge >= 0.3 is 0 Å². The molecule has 1 fully saturated rings. The largest absolute Gasteiger partial charge is 0.495 e. The monoisotopic (exact) mass is 480 g/mol. The lowest BCUT2D eigenvalue weighted by Crippen LogP contribution is -2.04. The second-order valence-electron chi connectivity index (χ2n) is 8.45. The molecule has 2 aromatic heterocycles. The van der Waals surface area contributed by atoms with E-state index in [-0.39, 0.29) is 16.2 Å². The van der Waals surface area contributed by atoms with Crippen molar-refractivity contribution in [1.82, 2.24) is 19.7 Å². The van der Waals surface area contributed by atoms with Crippen LogP contribution in [0.2, 0.25) is 0 Å². The van der Waals surface area contributed by atoms with Gasteiger partial charge in [0, 0.05) is 17.2 Å². The molecule has 0 unspecified atom stereocenters. The number of halogens is 1. The van der Waals surface area contributed by atoms with E-state index in [1.807, 2.05) is 6.33 Å². The van der Waals surface area contributed by atoms with Crippen LogP contribution in [0.3, 0.4) is 0 Å². The summed E-state index contributed by atoms with van der Waals surface area (Å²) in [5.41, 5.74) is 3.49. The van der Waals surface area contributed by atoms with Gasteiger partial charge in [-0.25, -0.2) is 17.8 Å². The van der Waals surface area contributed by atoms with Gasteiger partial charge in [-0.3, -0.25) is 0 Å². The average Bonchev–Trinajstić information content (AvgIpc) is 3.53. The van der Waals surface area contributed by atoms with Crippen LogP contribution in [0.1, 0.15) is 38.6 Å². The molecule has 0 radical (unpaired) electrons. The van der Waals surface area contributed by atoms with E-state index in [0.717, 1.165) is 12.8 Å². The number of fused-ring (bicyclic) bond motifs is 1. The molecule has 1 aliphatic rings. The summed E-state index contributed by atoms with van der Waals surface area (Å²) in [5.74, 6) is -0.143. The van der Waals surface area contributed by atoms with Gasteiger partial charge in [-0.2, -0.15) is 5.10 Å². The number of nitrogens with zero attached hydrogens (tertiary/aromatic N) is 4. The Kier molecular flexibility index (Phi) is 5.81. The van der Waals surface area contributed by atoms with E-state index < -0.39 is 15.7 Å². The normalized spacial score (nSPS) is 14.7. The van der Waals surface area contributed by atoms with E-state index in [0.29, 0.717) is 39.6 Å². The standard InChI is InChI=1S/C25H25FN4O3S/c1-3-34(31,32)18-10-8-16(9-11-18)22-21(26)13-12-19(24(22)33-2)20-14-28-29-25-23(20)27-15-30(25)17-6-4-5-7-17/h8-15,17H,3-7H2,1-2H3. The molecule has 0 bridgehead atoms. The van der Waals surface area contributed by atoms with E-state index in [4.69, 9.17) is 4.74 Å². The van der Waals surface area contributed by atoms with Crippen molar-refractivity contribution in [2.24, 2.45) is 0 Å². The number of aromatic nitrogens is 4. The summed E-state index contributed by atoms with van der Waals surface area (Å²) in [6.07, 6.45) is 7.97. The number of methoxy groups -OCH3 is 1. The zero-order valence-electron chi connectivity index (χ0n) is 19.0. The van der Waals surface area contributed by atoms with E-state index in [9.17, 15) is 8.42 Å². The Morgan fingerprint density at radius 3 is 2.50 bits per heavy atom. The van der Waals surface area contributed by atoms with Crippen LogP contribution in [0.25, 0.3) is 33.4 Å². The fourth-order valence-corrected chi connectivity index (χ4v) is 5.62. The Labute approximate surface area is 197 Å². The van der Waals surface area contributed by atoms with Crippen LogP contribution in [0, 0.1) is 5.82 Å². The van der Waals surface area contributed by atoms with Crippen LogP contribution in [0.5, 0.6) is 5.75 Å². The number of ether oxygens (including phenoxy) is 1. The van der Waals surface area contributed by atoms with Crippen LogP contribution in [-0.4, -0.2) is 41.0 Å². The summed E-state index contributed by atoms with van der Waals surface area (Å²) in [7, 11) is -1.87. The molecule has 0 saturated heterocycles. The highest BCUT2D eigenvalue weighted by Gasteiger charge is 2.24. The van der Waals surface area contributed by atoms with Gasteiger partial charge in [0.2, 0.25) is 0 Å². The molecule has 5 rings (SSSR count). The minimum atomic E-state index is -3.35. The topological polar surface area (TPSA) is 87.0 Å². The highest BCUT2D eigenvalue weighted by molar-refractivity contribution is 7.91. The van der Waals surface area contributed by atoms with Crippen molar-refractivity contribution in [2.75, 3.05) is 12.9 Å². The van der Waals surface area contributed by atoms with Crippen LogP contribution in [-0.2, 0) is 9.84 Å². The molecule has 1 saturated carbocycles. The molecule has 9 heteroatoms. The molecule has 34 heavy (non-hydrogen) atoms. The Hall–Kier alpha value is -3.33. The minimum Gasteiger partial charge on any atom is -0.495 e. The van der Waals surface area contributed by atoms with Crippen molar-refractivity contribution in [3.63, 3.8) is 0 Å². The molecule has 7 nitrogen and oxygen atoms in total. The van der Waals surface area contributed by atoms with E-state index >= 15 is 4.39 Å². The third-order valence-electron chi connectivity index (χ3n) is 6.56. The van der Waals surface area contributed by atoms with Crippen molar-refractivity contribution in [2.45, 2.75) is 43.5 Å². The van der Waals surface area contributed by atoms with Crippen molar-refractivity contribution in [3.05, 3.63) is 54.7 Å². The Morgan fingerprint density at radius 1 is 1.09 bits per heavy atom. The Balaban J connectivity index is 1.65. The molecule has 0 amide bonds. The number of imidazole rings is 1. The molecule has 1 aliphatic carbocycles. The van der Waals surface area contributed by atoms with Crippen LogP contribution in [0.4, 0.5) is 4.39 Å². The predicted octanol–water partition coefficient (Wildman–Crippen LogP) is 5.22. The second-order valence-corrected chi connectivity index (χ2v) is 10.7. The maximum absolute atomic E-state index is 15.1. The van der Waals surface area contributed by atoms with Crippen LogP contribution < -0.4 is 4.74 Å². The van der Waals surface area contributed by atoms with Gasteiger partial charge in [0.15, 0.2) is 15.5 Å². The lowest BCUT2D eigenvalue weighted by Gasteiger charge is -2.16. The minimum absolute atomic E-state index is 0.00193. The van der Waals surface area contributed by atoms with Gasteiger partial charge in [0.25, 0.3) is 0 Å². The lowest BCUT2D eigenvalue weighted by atomic mass is 9.97. The number of hydrogen-bond acceptors (Lipinski definition) is 6. The van der Waals surface area contributed by atoms with Crippen molar-refractivity contribution >= 4 is 21.0 Å². The molecular formula is C25H25FN4O3S. The zero-order chi connectivity index (χ0) is 23.9. The summed E-state index contributed by atoms with van der Waals surface area (Å²) in [6.45, 7) is 1.59. The molecule has 2 aromatic carbocycles. The van der Waals surface area contributed by atoms with E-state index in [1.165, 1.54) is 38.2 Å². The molecule has 0 atom stereocenters. The number of hydrogen-bond donors (Lipinski definition) is 0. The summed E-state index contributed by atoms with van der Waals surface area (Å²) in [4.78, 5) is 4.83. The molecule has 0 N–H and O–H groups in total. The van der Waals surface area contributed by atoms with Gasteiger partial charge in [-0.05, 0) is 42.7 Å². The SMILES string of the molecule is CCS(=O)(=O)c1ccc(-c2c(F)ccc(-c3cnnc4c3ncn4C3CCCC3)c2OC)cc1. The summed E-state index contributed by atoms with van der Waals surface area (Å²) in [5, 5.41) is 8.56. The smallest absolute Gasteiger partial charge is 0.183 e. The Morgan fingerprint density at radius 2 is 1.82 bits per heavy atom. The molecule has 4 aromatic rings. The summed E-state index contributed by atoms with van der Waals surface area (Å²) < 4.78 is 47.2. The predicted molar refractivity (Wildman–Crippen MR) is 128 cm³/mol. The van der Waals surface area contributed by atoms with Gasteiger partial charge in [0.1, 0.15) is 17.1 Å². The fourth-order valence-electron chi connectivity index (χ4n) is 4.74. The van der Waals surface area contributed by atoms with Crippen LogP contribution >= 0.6 is 0 Å². The first-order chi connectivity index (χ1) is 16.4. The molecule has 0 spiro atoms. The zero-order valence-corrected chi connectivity index (χ0v) is 19.8. The number of rotatable bonds is 6. The van der Waals surface area contributed by atoms with Crippen LogP contribution in [0.15, 0.2) is 53.8 Å². The van der Waals surface area contributed by atoms with Gasteiger partial charge in [-0.15, -0.1) is 5.10 Å². The van der Waals surface area contributed by atoms with Crippen molar-refractivity contribution in [1.29, 1.82) is 0 Å².